The summed E-state index contributed by atoms with van der Waals surface area (Å²) in [5, 5.41) is 10.9. The van der Waals surface area contributed by atoms with E-state index in [9.17, 15) is 9.59 Å². The highest BCUT2D eigenvalue weighted by molar-refractivity contribution is 6.09. The summed E-state index contributed by atoms with van der Waals surface area (Å²) in [5.74, 6) is 2.51. The third-order valence-electron chi connectivity index (χ3n) is 8.66. The average Bonchev–Trinajstić information content (AvgIpc) is 3.09. The van der Waals surface area contributed by atoms with Gasteiger partial charge in [0.05, 0.1) is 24.0 Å². The molecule has 1 fully saturated rings. The predicted octanol–water partition coefficient (Wildman–Crippen LogP) is 9.72. The molecule has 252 valence electrons. The van der Waals surface area contributed by atoms with Crippen molar-refractivity contribution >= 4 is 45.5 Å². The second kappa shape index (κ2) is 14.8. The monoisotopic (exact) mass is 658 g/mol. The van der Waals surface area contributed by atoms with Crippen LogP contribution in [-0.4, -0.2) is 37.1 Å². The molecule has 0 aliphatic carbocycles. The van der Waals surface area contributed by atoms with Crippen LogP contribution in [0.2, 0.25) is 0 Å². The van der Waals surface area contributed by atoms with Crippen LogP contribution in [0.1, 0.15) is 56.0 Å². The van der Waals surface area contributed by atoms with Gasteiger partial charge in [0.1, 0.15) is 17.3 Å². The van der Waals surface area contributed by atoms with Crippen molar-refractivity contribution in [3.63, 3.8) is 0 Å². The number of aromatic nitrogens is 1. The molecule has 1 saturated heterocycles. The average molecular weight is 659 g/mol. The van der Waals surface area contributed by atoms with Crippen molar-refractivity contribution in [1.29, 1.82) is 0 Å². The van der Waals surface area contributed by atoms with Crippen LogP contribution in [0, 0.1) is 5.92 Å². The van der Waals surface area contributed by atoms with E-state index in [1.165, 1.54) is 7.11 Å². The summed E-state index contributed by atoms with van der Waals surface area (Å²) < 4.78 is 17.6. The highest BCUT2D eigenvalue weighted by Gasteiger charge is 2.26. The second-order valence-electron chi connectivity index (χ2n) is 13.2. The zero-order valence-electron chi connectivity index (χ0n) is 28.3. The highest BCUT2D eigenvalue weighted by Crippen LogP contribution is 2.38. The summed E-state index contributed by atoms with van der Waals surface area (Å²) in [7, 11) is 1.52. The molecule has 9 heteroatoms. The Kier molecular flexibility index (Phi) is 10.1. The van der Waals surface area contributed by atoms with Crippen molar-refractivity contribution in [3.8, 4) is 17.2 Å². The van der Waals surface area contributed by atoms with Gasteiger partial charge >= 0.3 is 6.03 Å². The molecule has 2 heterocycles. The van der Waals surface area contributed by atoms with E-state index < -0.39 is 6.03 Å². The van der Waals surface area contributed by atoms with E-state index in [-0.39, 0.29) is 17.1 Å². The Morgan fingerprint density at radius 2 is 1.57 bits per heavy atom. The van der Waals surface area contributed by atoms with Crippen molar-refractivity contribution in [2.24, 2.45) is 5.92 Å². The Labute approximate surface area is 287 Å². The van der Waals surface area contributed by atoms with Crippen molar-refractivity contribution in [3.05, 3.63) is 108 Å². The number of carbonyl (C=O) groups excluding carboxylic acids is 2. The van der Waals surface area contributed by atoms with E-state index >= 15 is 0 Å². The number of ketones is 1. The Bertz CT molecular complexity index is 1950. The third kappa shape index (κ3) is 8.18. The Morgan fingerprint density at radius 1 is 0.857 bits per heavy atom. The number of pyridine rings is 1. The maximum Gasteiger partial charge on any atom is 0.323 e. The summed E-state index contributed by atoms with van der Waals surface area (Å²) >= 11 is 0. The number of hydrogen-bond acceptors (Lipinski definition) is 7. The number of nitrogens with one attached hydrogen (secondary N) is 3. The Morgan fingerprint density at radius 3 is 2.31 bits per heavy atom. The summed E-state index contributed by atoms with van der Waals surface area (Å²) in [4.78, 5) is 31.7. The third-order valence-corrected chi connectivity index (χ3v) is 8.66. The largest absolute Gasteiger partial charge is 0.494 e. The minimum Gasteiger partial charge on any atom is -0.494 e. The van der Waals surface area contributed by atoms with E-state index in [0.29, 0.717) is 59.6 Å². The van der Waals surface area contributed by atoms with Crippen molar-refractivity contribution < 1.29 is 23.8 Å². The highest BCUT2D eigenvalue weighted by atomic mass is 16.5. The maximum atomic E-state index is 13.6. The lowest BCUT2D eigenvalue weighted by Crippen LogP contribution is -2.23. The molecule has 5 aromatic rings. The summed E-state index contributed by atoms with van der Waals surface area (Å²) in [6.45, 7) is 7.57. The minimum atomic E-state index is -0.461. The maximum absolute atomic E-state index is 13.6. The molecule has 1 aliphatic rings. The quantitative estimate of drug-likeness (QED) is 0.128. The van der Waals surface area contributed by atoms with Gasteiger partial charge in [-0.05, 0) is 72.2 Å². The number of carbonyl (C=O) groups is 2. The number of hydrogen-bond donors (Lipinski definition) is 3. The number of rotatable bonds is 10. The van der Waals surface area contributed by atoms with E-state index in [2.05, 4.69) is 41.7 Å². The SMILES string of the molecule is COc1c(NC(=O)Nc2ccc(Oc3ccnc(Nc4ccccc4)c3)c3ccccc23)cc(C(C)(C)C)cc1C(=O)CC1CCOCC1. The van der Waals surface area contributed by atoms with Gasteiger partial charge in [-0.2, -0.15) is 0 Å². The van der Waals surface area contributed by atoms with Crippen LogP contribution in [0.15, 0.2) is 97.2 Å². The molecule has 49 heavy (non-hydrogen) atoms. The van der Waals surface area contributed by atoms with E-state index in [0.717, 1.165) is 34.9 Å². The number of Topliss-reactive ketones (excluding diaryl/α,β-unsaturated/α-hetero) is 1. The number of ether oxygens (including phenoxy) is 3. The van der Waals surface area contributed by atoms with Crippen LogP contribution >= 0.6 is 0 Å². The van der Waals surface area contributed by atoms with Crippen LogP contribution in [0.25, 0.3) is 10.8 Å². The fourth-order valence-electron chi connectivity index (χ4n) is 5.99. The molecule has 1 aromatic heterocycles. The molecular weight excluding hydrogens is 616 g/mol. The Balaban J connectivity index is 1.23. The first-order valence-corrected chi connectivity index (χ1v) is 16.6. The van der Waals surface area contributed by atoms with Gasteiger partial charge < -0.3 is 30.2 Å². The summed E-state index contributed by atoms with van der Waals surface area (Å²) in [5.41, 5.74) is 3.08. The molecule has 9 nitrogen and oxygen atoms in total. The fourth-order valence-corrected chi connectivity index (χ4v) is 5.99. The zero-order valence-corrected chi connectivity index (χ0v) is 28.3. The molecular formula is C40H42N4O5. The molecule has 6 rings (SSSR count). The number of anilines is 4. The molecule has 0 radical (unpaired) electrons. The summed E-state index contributed by atoms with van der Waals surface area (Å²) in [6.07, 6.45) is 3.81. The first-order valence-electron chi connectivity index (χ1n) is 16.6. The predicted molar refractivity (Wildman–Crippen MR) is 195 cm³/mol. The lowest BCUT2D eigenvalue weighted by atomic mass is 9.84. The van der Waals surface area contributed by atoms with Crippen molar-refractivity contribution in [2.45, 2.75) is 45.4 Å². The normalized spacial score (nSPS) is 13.5. The molecule has 2 amide bonds. The first-order chi connectivity index (χ1) is 23.7. The number of nitrogens with zero attached hydrogens (tertiary/aromatic N) is 1. The lowest BCUT2D eigenvalue weighted by Gasteiger charge is -2.25. The molecule has 0 bridgehead atoms. The first kappa shape index (κ1) is 33.5. The van der Waals surface area contributed by atoms with Gasteiger partial charge in [0, 0.05) is 48.4 Å². The van der Waals surface area contributed by atoms with Gasteiger partial charge in [0.2, 0.25) is 0 Å². The second-order valence-corrected chi connectivity index (χ2v) is 13.2. The molecule has 0 spiro atoms. The molecule has 0 atom stereocenters. The van der Waals surface area contributed by atoms with Crippen LogP contribution in [-0.2, 0) is 10.2 Å². The van der Waals surface area contributed by atoms with Crippen LogP contribution in [0.3, 0.4) is 0 Å². The Hall–Kier alpha value is -5.41. The molecule has 3 N–H and O–H groups in total. The fraction of sp³-hybridized carbons (Fsp3) is 0.275. The van der Waals surface area contributed by atoms with Crippen molar-refractivity contribution in [1.82, 2.24) is 4.98 Å². The van der Waals surface area contributed by atoms with Gasteiger partial charge in [0.25, 0.3) is 0 Å². The number of benzene rings is 4. The number of urea groups is 1. The summed E-state index contributed by atoms with van der Waals surface area (Å²) in [6, 6.07) is 28.1. The van der Waals surface area contributed by atoms with Gasteiger partial charge in [-0.1, -0.05) is 63.2 Å². The molecule has 0 unspecified atom stereocenters. The number of fused-ring (bicyclic) bond motifs is 1. The number of amides is 2. The van der Waals surface area contributed by atoms with E-state index in [4.69, 9.17) is 14.2 Å². The number of para-hydroxylation sites is 1. The van der Waals surface area contributed by atoms with E-state index in [1.807, 2.05) is 84.9 Å². The van der Waals surface area contributed by atoms with Crippen LogP contribution in [0.4, 0.5) is 27.7 Å². The lowest BCUT2D eigenvalue weighted by molar-refractivity contribution is 0.0600. The van der Waals surface area contributed by atoms with Crippen molar-refractivity contribution in [2.75, 3.05) is 36.3 Å². The van der Waals surface area contributed by atoms with Crippen LogP contribution < -0.4 is 25.4 Å². The topological polar surface area (TPSA) is 111 Å². The standard InChI is InChI=1S/C40H42N4O5/c1-40(2,3)27-23-32(35(45)22-26-17-20-48-21-18-26)38(47-4)34(24-27)44-39(46)43-33-14-15-36(31-13-9-8-12-30(31)33)49-29-16-19-41-37(25-29)42-28-10-6-5-7-11-28/h5-16,19,23-26H,17-18,20-22H2,1-4H3,(H,41,42)(H2,43,44,46). The minimum absolute atomic E-state index is 0.00273. The molecule has 0 saturated carbocycles. The van der Waals surface area contributed by atoms with Gasteiger partial charge in [0.15, 0.2) is 11.5 Å². The van der Waals surface area contributed by atoms with Crippen LogP contribution in [0.5, 0.6) is 17.2 Å². The van der Waals surface area contributed by atoms with Gasteiger partial charge in [-0.3, -0.25) is 4.79 Å². The smallest absolute Gasteiger partial charge is 0.323 e. The van der Waals surface area contributed by atoms with Gasteiger partial charge in [-0.25, -0.2) is 9.78 Å². The van der Waals surface area contributed by atoms with Gasteiger partial charge in [-0.15, -0.1) is 0 Å². The zero-order chi connectivity index (χ0) is 34.4. The number of methoxy groups -OCH3 is 1. The molecule has 1 aliphatic heterocycles. The molecule has 4 aromatic carbocycles. The van der Waals surface area contributed by atoms with E-state index in [1.54, 1.807) is 12.3 Å².